The van der Waals surface area contributed by atoms with Crippen molar-refractivity contribution in [2.75, 3.05) is 6.26 Å². The van der Waals surface area contributed by atoms with Gasteiger partial charge in [0.2, 0.25) is 0 Å². The van der Waals surface area contributed by atoms with Gasteiger partial charge in [0.15, 0.2) is 0 Å². The number of carbonyl (C=O) groups is 2. The molecule has 0 unspecified atom stereocenters. The number of ether oxygens (including phenoxy) is 1. The van der Waals surface area contributed by atoms with Crippen LogP contribution in [0.1, 0.15) is 12.0 Å². The van der Waals surface area contributed by atoms with Crippen molar-refractivity contribution in [1.82, 2.24) is 5.32 Å². The van der Waals surface area contributed by atoms with Crippen LogP contribution >= 0.6 is 11.8 Å². The quantitative estimate of drug-likeness (QED) is 0.551. The maximum atomic E-state index is 11.5. The van der Waals surface area contributed by atoms with E-state index < -0.39 is 18.1 Å². The molecule has 7 heteroatoms. The fourth-order valence-electron chi connectivity index (χ4n) is 1.38. The number of rotatable bonds is 6. The summed E-state index contributed by atoms with van der Waals surface area (Å²) < 4.78 is 4.93. The summed E-state index contributed by atoms with van der Waals surface area (Å²) in [6.07, 6.45) is 0.807. The Balaban J connectivity index is 2.46. The number of carbonyl (C=O) groups excluding carboxylic acids is 1. The molecule has 0 spiro atoms. The highest BCUT2D eigenvalue weighted by atomic mass is 32.2. The Morgan fingerprint density at radius 1 is 1.40 bits per heavy atom. The van der Waals surface area contributed by atoms with Gasteiger partial charge < -0.3 is 15.2 Å². The maximum Gasteiger partial charge on any atom is 0.408 e. The summed E-state index contributed by atoms with van der Waals surface area (Å²) in [6, 6.07) is 7.92. The molecule has 6 nitrogen and oxygen atoms in total. The van der Waals surface area contributed by atoms with Gasteiger partial charge in [0, 0.05) is 6.42 Å². The molecule has 108 valence electrons. The number of alkyl carbamates (subject to hydrolysis) is 1. The van der Waals surface area contributed by atoms with E-state index in [9.17, 15) is 9.59 Å². The van der Waals surface area contributed by atoms with Gasteiger partial charge in [-0.15, -0.1) is 11.8 Å². The third-order valence-corrected chi connectivity index (χ3v) is 3.10. The molecule has 0 aliphatic carbocycles. The Labute approximate surface area is 121 Å². The van der Waals surface area contributed by atoms with E-state index in [1.165, 1.54) is 0 Å². The zero-order valence-electron chi connectivity index (χ0n) is 11.0. The first-order chi connectivity index (χ1) is 9.52. The van der Waals surface area contributed by atoms with E-state index in [0.29, 0.717) is 0 Å². The second-order valence-electron chi connectivity index (χ2n) is 3.93. The van der Waals surface area contributed by atoms with Gasteiger partial charge in [0.05, 0.1) is 5.04 Å². The summed E-state index contributed by atoms with van der Waals surface area (Å²) in [6.45, 7) is 0.0684. The molecule has 0 heterocycles. The van der Waals surface area contributed by atoms with Gasteiger partial charge in [-0.1, -0.05) is 30.3 Å². The van der Waals surface area contributed by atoms with E-state index in [-0.39, 0.29) is 18.1 Å². The molecule has 0 bridgehead atoms. The van der Waals surface area contributed by atoms with Crippen LogP contribution in [0.4, 0.5) is 4.79 Å². The third kappa shape index (κ3) is 5.75. The number of hydrogen-bond acceptors (Lipinski definition) is 5. The van der Waals surface area contributed by atoms with Crippen LogP contribution in [0.25, 0.3) is 0 Å². The number of hydrogen-bond donors (Lipinski definition) is 3. The standard InChI is InChI=1S/C13H16N2O4S/c1-20-11(14)7-10(12(16)17)15-13(18)19-8-9-5-3-2-4-6-9/h2-6,10,14H,7-8H2,1H3,(H,15,18)(H,16,17)/t10-/m0/s1. The molecular formula is C13H16N2O4S. The predicted molar refractivity (Wildman–Crippen MR) is 77.0 cm³/mol. The molecule has 3 N–H and O–H groups in total. The van der Waals surface area contributed by atoms with Gasteiger partial charge in [-0.25, -0.2) is 9.59 Å². The van der Waals surface area contributed by atoms with E-state index in [2.05, 4.69) is 5.32 Å². The summed E-state index contributed by atoms with van der Waals surface area (Å²) in [5.74, 6) is -1.19. The maximum absolute atomic E-state index is 11.5. The zero-order chi connectivity index (χ0) is 15.0. The Morgan fingerprint density at radius 3 is 2.60 bits per heavy atom. The van der Waals surface area contributed by atoms with Crippen molar-refractivity contribution in [2.45, 2.75) is 19.1 Å². The zero-order valence-corrected chi connectivity index (χ0v) is 11.8. The summed E-state index contributed by atoms with van der Waals surface area (Å²) in [5, 5.41) is 18.8. The third-order valence-electron chi connectivity index (χ3n) is 2.44. The van der Waals surface area contributed by atoms with Crippen molar-refractivity contribution in [2.24, 2.45) is 0 Å². The molecular weight excluding hydrogens is 280 g/mol. The van der Waals surface area contributed by atoms with Gasteiger partial charge in [0.1, 0.15) is 12.6 Å². The van der Waals surface area contributed by atoms with Crippen molar-refractivity contribution in [3.63, 3.8) is 0 Å². The normalized spacial score (nSPS) is 11.4. The van der Waals surface area contributed by atoms with Gasteiger partial charge in [0.25, 0.3) is 0 Å². The number of carboxylic acid groups (broad SMARTS) is 1. The topological polar surface area (TPSA) is 99.5 Å². The van der Waals surface area contributed by atoms with Crippen molar-refractivity contribution < 1.29 is 19.4 Å². The highest BCUT2D eigenvalue weighted by Crippen LogP contribution is 2.05. The van der Waals surface area contributed by atoms with Crippen LogP contribution in [-0.4, -0.2) is 34.5 Å². The SMILES string of the molecule is CSC(=N)C[C@H](NC(=O)OCc1ccccc1)C(=O)O. The van der Waals surface area contributed by atoms with Gasteiger partial charge in [-0.2, -0.15) is 0 Å². The molecule has 1 aromatic rings. The van der Waals surface area contributed by atoms with Crippen molar-refractivity contribution in [3.8, 4) is 0 Å². The second-order valence-corrected chi connectivity index (χ2v) is 4.83. The minimum absolute atomic E-state index is 0.0586. The summed E-state index contributed by atoms with van der Waals surface area (Å²) in [4.78, 5) is 22.5. The van der Waals surface area contributed by atoms with E-state index in [1.54, 1.807) is 18.4 Å². The lowest BCUT2D eigenvalue weighted by molar-refractivity contribution is -0.139. The van der Waals surface area contributed by atoms with Gasteiger partial charge in [-0.05, 0) is 11.8 Å². The molecule has 0 radical (unpaired) electrons. The van der Waals surface area contributed by atoms with Crippen LogP contribution in [0.5, 0.6) is 0 Å². The largest absolute Gasteiger partial charge is 0.480 e. The number of amides is 1. The van der Waals surface area contributed by atoms with E-state index >= 15 is 0 Å². The van der Waals surface area contributed by atoms with Crippen LogP contribution in [0.3, 0.4) is 0 Å². The molecule has 0 fully saturated rings. The molecule has 0 aliphatic heterocycles. The van der Waals surface area contributed by atoms with Gasteiger partial charge in [-0.3, -0.25) is 5.41 Å². The Morgan fingerprint density at radius 2 is 2.05 bits per heavy atom. The second kappa shape index (κ2) is 8.21. The minimum atomic E-state index is -1.19. The number of nitrogens with one attached hydrogen (secondary N) is 2. The molecule has 1 aromatic carbocycles. The van der Waals surface area contributed by atoms with Crippen LogP contribution in [-0.2, 0) is 16.1 Å². The summed E-state index contributed by atoms with van der Waals surface area (Å²) in [7, 11) is 0. The van der Waals surface area contributed by atoms with Crippen LogP contribution in [0.2, 0.25) is 0 Å². The molecule has 1 atom stereocenters. The first-order valence-electron chi connectivity index (χ1n) is 5.84. The molecule has 0 saturated heterocycles. The Bertz CT molecular complexity index is 479. The smallest absolute Gasteiger partial charge is 0.408 e. The molecule has 0 aliphatic rings. The Hall–Kier alpha value is -2.02. The minimum Gasteiger partial charge on any atom is -0.480 e. The van der Waals surface area contributed by atoms with E-state index in [1.807, 2.05) is 18.2 Å². The lowest BCUT2D eigenvalue weighted by atomic mass is 10.2. The number of carboxylic acids is 1. The van der Waals surface area contributed by atoms with E-state index in [4.69, 9.17) is 15.3 Å². The first-order valence-corrected chi connectivity index (χ1v) is 7.07. The first kappa shape index (κ1) is 16.0. The predicted octanol–water partition coefficient (Wildman–Crippen LogP) is 2.10. The molecule has 1 rings (SSSR count). The Kier molecular flexibility index (Phi) is 6.58. The van der Waals surface area contributed by atoms with E-state index in [0.717, 1.165) is 17.3 Å². The highest BCUT2D eigenvalue weighted by Gasteiger charge is 2.22. The fraction of sp³-hybridized carbons (Fsp3) is 0.308. The van der Waals surface area contributed by atoms with Crippen LogP contribution in [0.15, 0.2) is 30.3 Å². The van der Waals surface area contributed by atoms with Gasteiger partial charge >= 0.3 is 12.1 Å². The van der Waals surface area contributed by atoms with Crippen LogP contribution in [0, 0.1) is 5.41 Å². The van der Waals surface area contributed by atoms with Crippen molar-refractivity contribution >= 4 is 28.9 Å². The monoisotopic (exact) mass is 296 g/mol. The summed E-state index contributed by atoms with van der Waals surface area (Å²) in [5.41, 5.74) is 0.811. The average Bonchev–Trinajstić information content (AvgIpc) is 2.45. The van der Waals surface area contributed by atoms with Crippen LogP contribution < -0.4 is 5.32 Å². The lowest BCUT2D eigenvalue weighted by Crippen LogP contribution is -2.42. The summed E-state index contributed by atoms with van der Waals surface area (Å²) >= 11 is 1.14. The molecule has 20 heavy (non-hydrogen) atoms. The van der Waals surface area contributed by atoms with Crippen molar-refractivity contribution in [1.29, 1.82) is 5.41 Å². The number of thioether (sulfide) groups is 1. The number of aliphatic carboxylic acids is 1. The van der Waals surface area contributed by atoms with Crippen molar-refractivity contribution in [3.05, 3.63) is 35.9 Å². The lowest BCUT2D eigenvalue weighted by Gasteiger charge is -2.14. The molecule has 0 aromatic heterocycles. The molecule has 0 saturated carbocycles. The molecule has 1 amide bonds. The number of benzene rings is 1. The average molecular weight is 296 g/mol. The fourth-order valence-corrected chi connectivity index (χ4v) is 1.71. The highest BCUT2D eigenvalue weighted by molar-refractivity contribution is 8.13.